The van der Waals surface area contributed by atoms with Gasteiger partial charge in [0.1, 0.15) is 0 Å². The topological polar surface area (TPSA) is 52.7 Å². The Morgan fingerprint density at radius 2 is 2.00 bits per heavy atom. The van der Waals surface area contributed by atoms with Crippen LogP contribution in [0.25, 0.3) is 15.9 Å². The minimum absolute atomic E-state index is 0.00188. The molecule has 0 aliphatic carbocycles. The van der Waals surface area contributed by atoms with Crippen LogP contribution in [0.15, 0.2) is 58.5 Å². The largest absolute Gasteiger partial charge is 0.308 e. The predicted octanol–water partition coefficient (Wildman–Crippen LogP) is 5.24. The molecule has 0 N–H and O–H groups in total. The molecule has 4 rings (SSSR count). The molecule has 0 aliphatic rings. The van der Waals surface area contributed by atoms with Crippen LogP contribution in [0.4, 0.5) is 0 Å². The first kappa shape index (κ1) is 19.2. The van der Waals surface area contributed by atoms with Crippen LogP contribution in [-0.2, 0) is 6.54 Å². The summed E-state index contributed by atoms with van der Waals surface area (Å²) in [5.41, 5.74) is 1.81. The smallest absolute Gasteiger partial charge is 0.291 e. The number of fused-ring (bicyclic) bond motifs is 1. The molecule has 0 aliphatic heterocycles. The summed E-state index contributed by atoms with van der Waals surface area (Å²) in [5.74, 6) is 0.707. The third-order valence-electron chi connectivity index (χ3n) is 4.52. The lowest BCUT2D eigenvalue weighted by Crippen LogP contribution is -2.17. The average molecular weight is 431 g/mol. The number of hydrogen-bond acceptors (Lipinski definition) is 5. The van der Waals surface area contributed by atoms with Crippen molar-refractivity contribution in [3.63, 3.8) is 0 Å². The standard InChI is InChI=1S/C20H19ClN4OS2/c1-3-13(2)27-19-23-22-18(25(19)15-8-6-7-14(21)11-15)12-24-16-9-4-5-10-17(16)28-20(24)26/h4-11,13H,3,12H2,1-2H3. The van der Waals surface area contributed by atoms with E-state index in [4.69, 9.17) is 11.6 Å². The first-order valence-electron chi connectivity index (χ1n) is 9.02. The molecule has 4 aromatic rings. The summed E-state index contributed by atoms with van der Waals surface area (Å²) < 4.78 is 4.72. The van der Waals surface area contributed by atoms with Crippen LogP contribution in [0.2, 0.25) is 5.02 Å². The summed E-state index contributed by atoms with van der Waals surface area (Å²) >= 11 is 9.15. The number of benzene rings is 2. The van der Waals surface area contributed by atoms with Gasteiger partial charge in [0.15, 0.2) is 11.0 Å². The average Bonchev–Trinajstić information content (AvgIpc) is 3.22. The summed E-state index contributed by atoms with van der Waals surface area (Å²) in [4.78, 5) is 12.6. The first-order valence-corrected chi connectivity index (χ1v) is 11.1. The van der Waals surface area contributed by atoms with Crippen molar-refractivity contribution in [1.82, 2.24) is 19.3 Å². The van der Waals surface area contributed by atoms with E-state index in [9.17, 15) is 4.79 Å². The number of thioether (sulfide) groups is 1. The first-order chi connectivity index (χ1) is 13.6. The van der Waals surface area contributed by atoms with E-state index in [1.54, 1.807) is 16.3 Å². The van der Waals surface area contributed by atoms with Gasteiger partial charge in [0, 0.05) is 10.3 Å². The van der Waals surface area contributed by atoms with Gasteiger partial charge in [-0.15, -0.1) is 10.2 Å². The van der Waals surface area contributed by atoms with Gasteiger partial charge in [-0.25, -0.2) is 0 Å². The quantitative estimate of drug-likeness (QED) is 0.393. The molecule has 8 heteroatoms. The summed E-state index contributed by atoms with van der Waals surface area (Å²) in [5, 5.41) is 10.7. The zero-order chi connectivity index (χ0) is 19.7. The van der Waals surface area contributed by atoms with Crippen LogP contribution in [0.3, 0.4) is 0 Å². The molecule has 2 aromatic carbocycles. The fourth-order valence-electron chi connectivity index (χ4n) is 2.92. The summed E-state index contributed by atoms with van der Waals surface area (Å²) in [6, 6.07) is 15.4. The molecule has 0 saturated heterocycles. The van der Waals surface area contributed by atoms with Crippen molar-refractivity contribution < 1.29 is 0 Å². The zero-order valence-electron chi connectivity index (χ0n) is 15.5. The highest BCUT2D eigenvalue weighted by molar-refractivity contribution is 7.99. The second-order valence-corrected chi connectivity index (χ2v) is 9.31. The number of hydrogen-bond donors (Lipinski definition) is 0. The van der Waals surface area contributed by atoms with Crippen LogP contribution in [0, 0.1) is 0 Å². The molecule has 2 heterocycles. The lowest BCUT2D eigenvalue weighted by Gasteiger charge is -2.13. The van der Waals surface area contributed by atoms with Crippen molar-refractivity contribution in [2.75, 3.05) is 0 Å². The lowest BCUT2D eigenvalue weighted by molar-refractivity contribution is 0.725. The summed E-state index contributed by atoms with van der Waals surface area (Å²) in [6.45, 7) is 4.66. The van der Waals surface area contributed by atoms with E-state index in [-0.39, 0.29) is 4.87 Å². The third kappa shape index (κ3) is 3.74. The molecular formula is C20H19ClN4OS2. The van der Waals surface area contributed by atoms with Crippen LogP contribution >= 0.6 is 34.7 Å². The monoisotopic (exact) mass is 430 g/mol. The molecule has 0 saturated carbocycles. The Hall–Kier alpha value is -2.09. The van der Waals surface area contributed by atoms with Gasteiger partial charge < -0.3 is 0 Å². The zero-order valence-corrected chi connectivity index (χ0v) is 17.9. The number of nitrogens with zero attached hydrogens (tertiary/aromatic N) is 4. The van der Waals surface area contributed by atoms with Crippen molar-refractivity contribution in [3.05, 3.63) is 69.0 Å². The summed E-state index contributed by atoms with van der Waals surface area (Å²) in [6.07, 6.45) is 1.02. The minimum Gasteiger partial charge on any atom is -0.291 e. The normalized spacial score (nSPS) is 12.5. The molecule has 0 spiro atoms. The van der Waals surface area contributed by atoms with E-state index in [2.05, 4.69) is 24.0 Å². The molecule has 1 atom stereocenters. The van der Waals surface area contributed by atoms with Gasteiger partial charge in [0.25, 0.3) is 0 Å². The van der Waals surface area contributed by atoms with Crippen molar-refractivity contribution in [1.29, 1.82) is 0 Å². The minimum atomic E-state index is -0.00188. The van der Waals surface area contributed by atoms with Crippen LogP contribution in [-0.4, -0.2) is 24.6 Å². The van der Waals surface area contributed by atoms with Gasteiger partial charge >= 0.3 is 4.87 Å². The Balaban J connectivity index is 1.82. The van der Waals surface area contributed by atoms with E-state index in [0.29, 0.717) is 22.6 Å². The van der Waals surface area contributed by atoms with E-state index in [0.717, 1.165) is 27.5 Å². The second-order valence-electron chi connectivity index (χ2n) is 6.47. The Morgan fingerprint density at radius 1 is 1.18 bits per heavy atom. The fraction of sp³-hybridized carbons (Fsp3) is 0.250. The molecule has 0 amide bonds. The van der Waals surface area contributed by atoms with Gasteiger partial charge in [-0.3, -0.25) is 13.9 Å². The van der Waals surface area contributed by atoms with Crippen LogP contribution < -0.4 is 4.87 Å². The Bertz CT molecular complexity index is 1180. The van der Waals surface area contributed by atoms with Crippen molar-refractivity contribution in [3.8, 4) is 5.69 Å². The van der Waals surface area contributed by atoms with Crippen molar-refractivity contribution in [2.45, 2.75) is 37.2 Å². The maximum Gasteiger partial charge on any atom is 0.308 e. The lowest BCUT2D eigenvalue weighted by atomic mass is 10.3. The molecule has 0 bridgehead atoms. The van der Waals surface area contributed by atoms with Crippen LogP contribution in [0.5, 0.6) is 0 Å². The van der Waals surface area contributed by atoms with E-state index < -0.39 is 0 Å². The number of rotatable bonds is 6. The van der Waals surface area contributed by atoms with Gasteiger partial charge in [0.2, 0.25) is 0 Å². The highest BCUT2D eigenvalue weighted by Gasteiger charge is 2.19. The van der Waals surface area contributed by atoms with E-state index in [1.165, 1.54) is 11.3 Å². The molecule has 28 heavy (non-hydrogen) atoms. The SMILES string of the molecule is CCC(C)Sc1nnc(Cn2c(=O)sc3ccccc32)n1-c1cccc(Cl)c1. The van der Waals surface area contributed by atoms with Gasteiger partial charge in [-0.1, -0.05) is 66.7 Å². The molecule has 0 radical (unpaired) electrons. The molecular weight excluding hydrogens is 412 g/mol. The van der Waals surface area contributed by atoms with Crippen LogP contribution in [0.1, 0.15) is 26.1 Å². The highest BCUT2D eigenvalue weighted by atomic mass is 35.5. The van der Waals surface area contributed by atoms with E-state index in [1.807, 2.05) is 53.1 Å². The highest BCUT2D eigenvalue weighted by Crippen LogP contribution is 2.28. The third-order valence-corrected chi connectivity index (χ3v) is 6.93. The van der Waals surface area contributed by atoms with Gasteiger partial charge in [-0.05, 0) is 36.8 Å². The fourth-order valence-corrected chi connectivity index (χ4v) is 4.93. The van der Waals surface area contributed by atoms with E-state index >= 15 is 0 Å². The molecule has 144 valence electrons. The number of para-hydroxylation sites is 1. The molecule has 2 aromatic heterocycles. The maximum atomic E-state index is 12.6. The number of thiazole rings is 1. The van der Waals surface area contributed by atoms with Gasteiger partial charge in [-0.2, -0.15) is 0 Å². The maximum absolute atomic E-state index is 12.6. The summed E-state index contributed by atoms with van der Waals surface area (Å²) in [7, 11) is 0. The second kappa shape index (κ2) is 8.11. The van der Waals surface area contributed by atoms with Crippen molar-refractivity contribution in [2.24, 2.45) is 0 Å². The molecule has 5 nitrogen and oxygen atoms in total. The molecule has 0 fully saturated rings. The van der Waals surface area contributed by atoms with Crippen molar-refractivity contribution >= 4 is 44.9 Å². The Morgan fingerprint density at radius 3 is 2.79 bits per heavy atom. The number of halogens is 1. The number of aromatic nitrogens is 4. The Labute approximate surface area is 176 Å². The Kier molecular flexibility index (Phi) is 5.57. The molecule has 1 unspecified atom stereocenters. The van der Waals surface area contributed by atoms with Gasteiger partial charge in [0.05, 0.1) is 22.4 Å². The predicted molar refractivity (Wildman–Crippen MR) is 117 cm³/mol.